The van der Waals surface area contributed by atoms with Crippen LogP contribution >= 0.6 is 0 Å². The van der Waals surface area contributed by atoms with Crippen LogP contribution < -0.4 is 4.90 Å². The molecule has 0 bridgehead atoms. The molecular weight excluding hydrogens is 288 g/mol. The van der Waals surface area contributed by atoms with Crippen molar-refractivity contribution >= 4 is 17.1 Å². The smallest absolute Gasteiger partial charge is 0.299 e. The summed E-state index contributed by atoms with van der Waals surface area (Å²) in [6.07, 6.45) is 2.11. The second-order valence-corrected chi connectivity index (χ2v) is 5.81. The first-order chi connectivity index (χ1) is 10.4. The maximum atomic E-state index is 11.2. The van der Waals surface area contributed by atoms with Crippen LogP contribution in [0, 0.1) is 26.1 Å². The maximum Gasteiger partial charge on any atom is 0.299 e. The molecule has 8 heteroatoms. The van der Waals surface area contributed by atoms with E-state index in [1.54, 1.807) is 7.05 Å². The lowest BCUT2D eigenvalue weighted by Gasteiger charge is -2.32. The Labute approximate surface area is 128 Å². The van der Waals surface area contributed by atoms with Gasteiger partial charge < -0.3 is 9.80 Å². The van der Waals surface area contributed by atoms with Crippen molar-refractivity contribution in [3.05, 3.63) is 38.4 Å². The van der Waals surface area contributed by atoms with E-state index in [1.165, 1.54) is 12.1 Å². The zero-order valence-corrected chi connectivity index (χ0v) is 12.8. The highest BCUT2D eigenvalue weighted by molar-refractivity contribution is 5.66. The molecule has 1 aliphatic heterocycles. The predicted octanol–water partition coefficient (Wildman–Crippen LogP) is 2.28. The fourth-order valence-electron chi connectivity index (χ4n) is 2.82. The molecule has 0 unspecified atom stereocenters. The van der Waals surface area contributed by atoms with Gasteiger partial charge in [0.2, 0.25) is 0 Å². The standard InChI is InChI=1S/C14H20N4O4/c1-15-7-5-11(6-8-15)10-16(2)13-4-3-12(17(19)20)9-14(13)18(21)22/h3-4,9,11H,5-8,10H2,1-2H3. The van der Waals surface area contributed by atoms with Gasteiger partial charge in [0.15, 0.2) is 0 Å². The lowest BCUT2D eigenvalue weighted by molar-refractivity contribution is -0.393. The molecule has 8 nitrogen and oxygen atoms in total. The normalized spacial score (nSPS) is 16.5. The zero-order valence-electron chi connectivity index (χ0n) is 12.8. The van der Waals surface area contributed by atoms with Gasteiger partial charge in [-0.25, -0.2) is 0 Å². The van der Waals surface area contributed by atoms with Gasteiger partial charge in [0.25, 0.3) is 11.4 Å². The van der Waals surface area contributed by atoms with Crippen molar-refractivity contribution in [2.45, 2.75) is 12.8 Å². The second-order valence-electron chi connectivity index (χ2n) is 5.81. The van der Waals surface area contributed by atoms with Crippen LogP contribution in [0.3, 0.4) is 0 Å². The highest BCUT2D eigenvalue weighted by Gasteiger charge is 2.24. The van der Waals surface area contributed by atoms with Gasteiger partial charge in [-0.1, -0.05) is 0 Å². The van der Waals surface area contributed by atoms with Crippen molar-refractivity contribution in [2.75, 3.05) is 38.6 Å². The lowest BCUT2D eigenvalue weighted by atomic mass is 9.96. The number of nitrogens with zero attached hydrogens (tertiary/aromatic N) is 4. The molecule has 2 rings (SSSR count). The molecule has 0 aromatic heterocycles. The summed E-state index contributed by atoms with van der Waals surface area (Å²) in [7, 11) is 3.88. The summed E-state index contributed by atoms with van der Waals surface area (Å²) in [5, 5.41) is 22.0. The third kappa shape index (κ3) is 3.70. The van der Waals surface area contributed by atoms with Crippen molar-refractivity contribution in [1.82, 2.24) is 4.90 Å². The summed E-state index contributed by atoms with van der Waals surface area (Å²) >= 11 is 0. The lowest BCUT2D eigenvalue weighted by Crippen LogP contribution is -2.35. The van der Waals surface area contributed by atoms with Gasteiger partial charge in [0, 0.05) is 19.7 Å². The van der Waals surface area contributed by atoms with Crippen molar-refractivity contribution in [3.63, 3.8) is 0 Å². The molecule has 0 radical (unpaired) electrons. The van der Waals surface area contributed by atoms with Crippen LogP contribution in [0.5, 0.6) is 0 Å². The first-order valence-corrected chi connectivity index (χ1v) is 7.21. The topological polar surface area (TPSA) is 92.8 Å². The molecule has 0 N–H and O–H groups in total. The van der Waals surface area contributed by atoms with Crippen molar-refractivity contribution in [1.29, 1.82) is 0 Å². The van der Waals surface area contributed by atoms with Gasteiger partial charge in [-0.3, -0.25) is 20.2 Å². The summed E-state index contributed by atoms with van der Waals surface area (Å²) in [6, 6.07) is 3.80. The van der Waals surface area contributed by atoms with E-state index >= 15 is 0 Å². The first-order valence-electron chi connectivity index (χ1n) is 7.21. The number of non-ortho nitro benzene ring substituents is 1. The van der Waals surface area contributed by atoms with Crippen LogP contribution in [0.4, 0.5) is 17.1 Å². The molecule has 1 fully saturated rings. The van der Waals surface area contributed by atoms with Crippen LogP contribution in [0.15, 0.2) is 18.2 Å². The number of anilines is 1. The van der Waals surface area contributed by atoms with Crippen molar-refractivity contribution in [2.24, 2.45) is 5.92 Å². The summed E-state index contributed by atoms with van der Waals surface area (Å²) in [5.74, 6) is 0.482. The number of nitro benzene ring substituents is 2. The van der Waals surface area contributed by atoms with Crippen LogP contribution in [-0.2, 0) is 0 Å². The SMILES string of the molecule is CN1CCC(CN(C)c2ccc([N+](=O)[O-])cc2[N+](=O)[O-])CC1. The number of nitro groups is 2. The van der Waals surface area contributed by atoms with Gasteiger partial charge in [0.1, 0.15) is 5.69 Å². The van der Waals surface area contributed by atoms with Gasteiger partial charge in [-0.15, -0.1) is 0 Å². The van der Waals surface area contributed by atoms with Crippen LogP contribution in [0.1, 0.15) is 12.8 Å². The number of piperidine rings is 1. The number of hydrogen-bond acceptors (Lipinski definition) is 6. The predicted molar refractivity (Wildman–Crippen MR) is 83.2 cm³/mol. The number of benzene rings is 1. The molecule has 0 saturated carbocycles. The molecule has 1 aromatic rings. The third-order valence-electron chi connectivity index (χ3n) is 4.15. The Morgan fingerprint density at radius 2 is 1.86 bits per heavy atom. The minimum absolute atomic E-state index is 0.218. The van der Waals surface area contributed by atoms with E-state index in [9.17, 15) is 20.2 Å². The summed E-state index contributed by atoms with van der Waals surface area (Å²) < 4.78 is 0. The minimum Gasteiger partial charge on any atom is -0.369 e. The van der Waals surface area contributed by atoms with E-state index in [-0.39, 0.29) is 11.4 Å². The second kappa shape index (κ2) is 6.69. The molecule has 0 spiro atoms. The van der Waals surface area contributed by atoms with Crippen molar-refractivity contribution in [3.8, 4) is 0 Å². The number of likely N-dealkylation sites (tertiary alicyclic amines) is 1. The molecule has 22 heavy (non-hydrogen) atoms. The Morgan fingerprint density at radius 1 is 1.23 bits per heavy atom. The van der Waals surface area contributed by atoms with E-state index in [2.05, 4.69) is 11.9 Å². The fourth-order valence-corrected chi connectivity index (χ4v) is 2.82. The van der Waals surface area contributed by atoms with Crippen LogP contribution in [0.25, 0.3) is 0 Å². The molecule has 120 valence electrons. The summed E-state index contributed by atoms with van der Waals surface area (Å²) in [4.78, 5) is 24.9. The monoisotopic (exact) mass is 308 g/mol. The van der Waals surface area contributed by atoms with E-state index in [1.807, 2.05) is 4.90 Å². The van der Waals surface area contributed by atoms with E-state index in [0.29, 0.717) is 18.2 Å². The minimum atomic E-state index is -0.617. The van der Waals surface area contributed by atoms with Gasteiger partial charge in [-0.05, 0) is 45.0 Å². The molecular formula is C14H20N4O4. The molecule has 1 heterocycles. The quantitative estimate of drug-likeness (QED) is 0.612. The summed E-state index contributed by atoms with van der Waals surface area (Å²) in [6.45, 7) is 2.77. The highest BCUT2D eigenvalue weighted by Crippen LogP contribution is 2.32. The van der Waals surface area contributed by atoms with Gasteiger partial charge >= 0.3 is 0 Å². The molecule has 1 aliphatic rings. The Balaban J connectivity index is 2.16. The van der Waals surface area contributed by atoms with Gasteiger partial charge in [-0.2, -0.15) is 0 Å². The van der Waals surface area contributed by atoms with Gasteiger partial charge in [0.05, 0.1) is 15.9 Å². The molecule has 1 aromatic carbocycles. The Kier molecular flexibility index (Phi) is 4.92. The number of hydrogen-bond donors (Lipinski definition) is 0. The van der Waals surface area contributed by atoms with Crippen molar-refractivity contribution < 1.29 is 9.85 Å². The first kappa shape index (κ1) is 16.2. The largest absolute Gasteiger partial charge is 0.369 e. The van der Waals surface area contributed by atoms with E-state index < -0.39 is 9.85 Å². The highest BCUT2D eigenvalue weighted by atomic mass is 16.6. The molecule has 0 atom stereocenters. The third-order valence-corrected chi connectivity index (χ3v) is 4.15. The Hall–Kier alpha value is -2.22. The Bertz CT molecular complexity index is 570. The average Bonchev–Trinajstić information content (AvgIpc) is 2.48. The maximum absolute atomic E-state index is 11.2. The van der Waals surface area contributed by atoms with Crippen LogP contribution in [-0.4, -0.2) is 48.5 Å². The molecule has 0 amide bonds. The molecule has 0 aliphatic carbocycles. The van der Waals surface area contributed by atoms with E-state index in [0.717, 1.165) is 32.0 Å². The summed E-state index contributed by atoms with van der Waals surface area (Å²) in [5.41, 5.74) is -0.0534. The van der Waals surface area contributed by atoms with E-state index in [4.69, 9.17) is 0 Å². The average molecular weight is 308 g/mol. The molecule has 1 saturated heterocycles. The fraction of sp³-hybridized carbons (Fsp3) is 0.571. The van der Waals surface area contributed by atoms with Crippen LogP contribution in [0.2, 0.25) is 0 Å². The Morgan fingerprint density at radius 3 is 2.41 bits per heavy atom. The zero-order chi connectivity index (χ0) is 16.3. The number of rotatable bonds is 5.